The van der Waals surface area contributed by atoms with Crippen LogP contribution in [0.5, 0.6) is 0 Å². The van der Waals surface area contributed by atoms with E-state index >= 15 is 0 Å². The summed E-state index contributed by atoms with van der Waals surface area (Å²) in [5.74, 6) is -0.869. The van der Waals surface area contributed by atoms with Crippen molar-refractivity contribution >= 4 is 26.4 Å². The molecule has 0 saturated carbocycles. The molecule has 42 heavy (non-hydrogen) atoms. The minimum absolute atomic E-state index is 0.0385. The van der Waals surface area contributed by atoms with Gasteiger partial charge in [-0.15, -0.1) is 0 Å². The van der Waals surface area contributed by atoms with Crippen LogP contribution in [0, 0.1) is 23.7 Å². The van der Waals surface area contributed by atoms with E-state index in [9.17, 15) is 15.1 Å². The summed E-state index contributed by atoms with van der Waals surface area (Å²) in [7, 11) is -2.42. The third-order valence-corrected chi connectivity index (χ3v) is 13.9. The third-order valence-electron chi connectivity index (χ3n) is 9.35. The number of carbonyl (C=O) groups excluding carboxylic acids is 4. The second kappa shape index (κ2) is 16.0. The summed E-state index contributed by atoms with van der Waals surface area (Å²) >= 11 is 0. The van der Waals surface area contributed by atoms with Gasteiger partial charge in [0.2, 0.25) is 0 Å². The van der Waals surface area contributed by atoms with Crippen molar-refractivity contribution in [2.24, 2.45) is 28.8 Å². The number of nitrogens with zero attached hydrogens (tertiary/aromatic N) is 3. The Morgan fingerprint density at radius 1 is 0.976 bits per heavy atom. The first-order valence-corrected chi connectivity index (χ1v) is 17.2. The molecule has 0 spiro atoms. The summed E-state index contributed by atoms with van der Waals surface area (Å²) in [5.41, 5.74) is 9.46. The molecule has 10 atom stereocenters. The highest BCUT2D eigenvalue weighted by molar-refractivity contribution is 6.74. The number of ether oxygens (including phenoxy) is 5. The first-order valence-electron chi connectivity index (χ1n) is 14.3. The van der Waals surface area contributed by atoms with Gasteiger partial charge in [0.05, 0.1) is 18.2 Å². The van der Waals surface area contributed by atoms with Gasteiger partial charge in [0.25, 0.3) is 0 Å². The molecular weight excluding hydrogens is 566 g/mol. The highest BCUT2D eigenvalue weighted by atomic mass is 28.4. The fourth-order valence-corrected chi connectivity index (χ4v) is 7.59. The zero-order valence-electron chi connectivity index (χ0n) is 27.0. The number of carbonyl (C=O) groups is 2. The number of azide groups is 1. The molecular formula is C28H49N3O10Si. The molecule has 4 unspecified atom stereocenters. The van der Waals surface area contributed by atoms with E-state index in [-0.39, 0.29) is 35.7 Å². The normalized spacial score (nSPS) is 33.4. The van der Waals surface area contributed by atoms with Gasteiger partial charge in [-0.1, -0.05) is 53.6 Å². The Morgan fingerprint density at radius 3 is 2.02 bits per heavy atom. The van der Waals surface area contributed by atoms with Crippen LogP contribution in [0.3, 0.4) is 0 Å². The third kappa shape index (κ3) is 9.34. The van der Waals surface area contributed by atoms with Crippen LogP contribution in [-0.2, 0) is 47.3 Å². The summed E-state index contributed by atoms with van der Waals surface area (Å²) in [4.78, 5) is 43.0. The van der Waals surface area contributed by atoms with Gasteiger partial charge in [-0.25, -0.2) is 0 Å². The average Bonchev–Trinajstić information content (AvgIpc) is 2.87. The van der Waals surface area contributed by atoms with Gasteiger partial charge in [-0.05, 0) is 48.3 Å². The maximum atomic E-state index is 11.9. The molecule has 2 heterocycles. The van der Waals surface area contributed by atoms with Crippen LogP contribution in [0.1, 0.15) is 69.2 Å². The Balaban J connectivity index is 0.00000281. The van der Waals surface area contributed by atoms with Crippen LogP contribution in [0.15, 0.2) is 5.11 Å². The predicted molar refractivity (Wildman–Crippen MR) is 153 cm³/mol. The van der Waals surface area contributed by atoms with Gasteiger partial charge in [0.15, 0.2) is 27.0 Å². The van der Waals surface area contributed by atoms with Gasteiger partial charge in [0.1, 0.15) is 12.7 Å². The SMILES string of the molecule is CC(=O)OCC1O[C@@H](O[Si](C)(C)C(C)(C)C(C)C)C(N=[N+]=[N-])[C@@H](C)[C@@H]1O[C@@H]1OC(C)[C@@H](C)[C@H](C)C1OC(C)=O.O=C=O. The van der Waals surface area contributed by atoms with Crippen LogP contribution >= 0.6 is 0 Å². The summed E-state index contributed by atoms with van der Waals surface area (Å²) in [6, 6.07) is -0.715. The molecule has 2 saturated heterocycles. The van der Waals surface area contributed by atoms with Crippen LogP contribution in [-0.4, -0.2) is 76.1 Å². The van der Waals surface area contributed by atoms with Gasteiger partial charge in [0, 0.05) is 24.7 Å². The second-order valence-electron chi connectivity index (χ2n) is 12.6. The van der Waals surface area contributed by atoms with Crippen LogP contribution in [0.25, 0.3) is 10.4 Å². The molecule has 0 aromatic carbocycles. The van der Waals surface area contributed by atoms with Crippen molar-refractivity contribution in [1.82, 2.24) is 0 Å². The van der Waals surface area contributed by atoms with Gasteiger partial charge in [-0.2, -0.15) is 9.59 Å². The van der Waals surface area contributed by atoms with E-state index in [1.165, 1.54) is 13.8 Å². The smallest absolute Gasteiger partial charge is 0.373 e. The van der Waals surface area contributed by atoms with Crippen molar-refractivity contribution in [2.75, 3.05) is 6.61 Å². The van der Waals surface area contributed by atoms with Crippen molar-refractivity contribution in [2.45, 2.75) is 130 Å². The lowest BCUT2D eigenvalue weighted by molar-refractivity contribution is -0.321. The zero-order valence-corrected chi connectivity index (χ0v) is 28.0. The lowest BCUT2D eigenvalue weighted by Gasteiger charge is -2.51. The molecule has 0 N–H and O–H groups in total. The van der Waals surface area contributed by atoms with Crippen molar-refractivity contribution < 1.29 is 47.3 Å². The second-order valence-corrected chi connectivity index (χ2v) is 17.1. The topological polar surface area (TPSA) is 172 Å². The standard InChI is InChI=1S/C27H49N3O8Si.CO2/c1-14(2)27(9,10)39(11,12)38-25-22(29-30-28)17(5)23(21(36-25)13-33-19(7)31)37-26-24(35-20(8)32)16(4)15(3)18(6)34-26;2-1-3/h14-18,21-26H,13H2,1-12H3;/t15-,16-,17+,18?,21?,22?,23-,24?,25-,26-;/m0./s1. The Bertz CT molecular complexity index is 996. The summed E-state index contributed by atoms with van der Waals surface area (Å²) in [5, 5.41) is 3.96. The molecule has 2 aliphatic rings. The summed E-state index contributed by atoms with van der Waals surface area (Å²) in [6.07, 6.45) is -3.75. The van der Waals surface area contributed by atoms with Crippen LogP contribution < -0.4 is 0 Å². The Hall–Kier alpha value is -2.31. The minimum atomic E-state index is -2.42. The Kier molecular flexibility index (Phi) is 14.3. The van der Waals surface area contributed by atoms with E-state index in [1.54, 1.807) is 0 Å². The predicted octanol–water partition coefficient (Wildman–Crippen LogP) is 5.00. The minimum Gasteiger partial charge on any atom is -0.463 e. The molecule has 0 aromatic rings. The molecule has 2 fully saturated rings. The molecule has 0 bridgehead atoms. The van der Waals surface area contributed by atoms with Crippen LogP contribution in [0.2, 0.25) is 18.1 Å². The summed E-state index contributed by atoms with van der Waals surface area (Å²) in [6.45, 7) is 23.4. The van der Waals surface area contributed by atoms with E-state index in [0.717, 1.165) is 0 Å². The fraction of sp³-hybridized carbons (Fsp3) is 0.893. The first kappa shape index (κ1) is 37.7. The molecule has 13 nitrogen and oxygen atoms in total. The number of esters is 2. The molecule has 2 rings (SSSR count). The Labute approximate surface area is 250 Å². The fourth-order valence-electron chi connectivity index (χ4n) is 5.12. The monoisotopic (exact) mass is 615 g/mol. The van der Waals surface area contributed by atoms with Gasteiger partial charge < -0.3 is 28.1 Å². The van der Waals surface area contributed by atoms with Crippen LogP contribution in [0.4, 0.5) is 0 Å². The largest absolute Gasteiger partial charge is 0.463 e. The lowest BCUT2D eigenvalue weighted by Crippen LogP contribution is -2.61. The average molecular weight is 616 g/mol. The highest BCUT2D eigenvalue weighted by Gasteiger charge is 2.53. The lowest BCUT2D eigenvalue weighted by atomic mass is 9.83. The first-order chi connectivity index (χ1) is 19.4. The molecule has 0 radical (unpaired) electrons. The summed E-state index contributed by atoms with van der Waals surface area (Å²) < 4.78 is 36.8. The maximum Gasteiger partial charge on any atom is 0.373 e. The van der Waals surface area contributed by atoms with Crippen molar-refractivity contribution in [3.63, 3.8) is 0 Å². The van der Waals surface area contributed by atoms with Crippen molar-refractivity contribution in [3.05, 3.63) is 10.4 Å². The molecule has 0 aliphatic carbocycles. The Morgan fingerprint density at radius 2 is 1.55 bits per heavy atom. The quantitative estimate of drug-likeness (QED) is 0.107. The molecule has 0 aromatic heterocycles. The maximum absolute atomic E-state index is 11.9. The highest BCUT2D eigenvalue weighted by Crippen LogP contribution is 2.47. The zero-order chi connectivity index (χ0) is 32.6. The number of hydrogen-bond donors (Lipinski definition) is 0. The molecule has 14 heteroatoms. The van der Waals surface area contributed by atoms with E-state index in [0.29, 0.717) is 5.92 Å². The molecule has 0 amide bonds. The number of hydrogen-bond acceptors (Lipinski definition) is 11. The van der Waals surface area contributed by atoms with E-state index in [1.807, 2.05) is 27.7 Å². The molecule has 2 aliphatic heterocycles. The van der Waals surface area contributed by atoms with Crippen molar-refractivity contribution in [3.8, 4) is 0 Å². The van der Waals surface area contributed by atoms with E-state index in [4.69, 9.17) is 37.7 Å². The number of rotatable bonds is 10. The van der Waals surface area contributed by atoms with E-state index in [2.05, 4.69) is 50.8 Å². The molecule has 240 valence electrons. The van der Waals surface area contributed by atoms with Gasteiger partial charge in [-0.3, -0.25) is 9.59 Å². The van der Waals surface area contributed by atoms with Crippen molar-refractivity contribution in [1.29, 1.82) is 0 Å². The van der Waals surface area contributed by atoms with Gasteiger partial charge >= 0.3 is 18.1 Å². The van der Waals surface area contributed by atoms with E-state index < -0.39 is 63.1 Å².